The van der Waals surface area contributed by atoms with Gasteiger partial charge in [0.15, 0.2) is 0 Å². The van der Waals surface area contributed by atoms with Crippen LogP contribution in [0.3, 0.4) is 0 Å². The number of nitriles is 1. The molecule has 20 heavy (non-hydrogen) atoms. The Bertz CT molecular complexity index is 652. The van der Waals surface area contributed by atoms with Crippen molar-refractivity contribution in [3.63, 3.8) is 0 Å². The first-order chi connectivity index (χ1) is 9.26. The lowest BCUT2D eigenvalue weighted by Crippen LogP contribution is -2.30. The third-order valence-electron chi connectivity index (χ3n) is 2.62. The van der Waals surface area contributed by atoms with E-state index in [2.05, 4.69) is 0 Å². The van der Waals surface area contributed by atoms with E-state index in [0.29, 0.717) is 0 Å². The monoisotopic (exact) mass is 300 g/mol. The highest BCUT2D eigenvalue weighted by Gasteiger charge is 2.20. The van der Waals surface area contributed by atoms with Crippen molar-refractivity contribution in [3.05, 3.63) is 35.1 Å². The summed E-state index contributed by atoms with van der Waals surface area (Å²) in [6, 6.07) is 5.48. The SMILES string of the molecule is CN(Cc1cc(C#N)ccc1F)S(=O)(=O)CCC(=O)O. The first kappa shape index (κ1) is 16.1. The quantitative estimate of drug-likeness (QED) is 0.842. The van der Waals surface area contributed by atoms with Crippen LogP contribution in [0, 0.1) is 17.1 Å². The van der Waals surface area contributed by atoms with E-state index in [-0.39, 0.29) is 17.7 Å². The van der Waals surface area contributed by atoms with E-state index in [1.165, 1.54) is 19.2 Å². The lowest BCUT2D eigenvalue weighted by Gasteiger charge is -2.17. The molecule has 0 atom stereocenters. The topological polar surface area (TPSA) is 98.5 Å². The summed E-state index contributed by atoms with van der Waals surface area (Å²) in [5, 5.41) is 17.2. The molecule has 108 valence electrons. The molecule has 1 rings (SSSR count). The van der Waals surface area contributed by atoms with Crippen LogP contribution in [0.15, 0.2) is 18.2 Å². The van der Waals surface area contributed by atoms with Crippen LogP contribution in [0.1, 0.15) is 17.5 Å². The molecule has 0 heterocycles. The number of halogens is 1. The lowest BCUT2D eigenvalue weighted by molar-refractivity contribution is -0.136. The maximum absolute atomic E-state index is 13.5. The number of aliphatic carboxylic acids is 1. The second-order valence-corrected chi connectivity index (χ2v) is 6.33. The number of hydrogen-bond donors (Lipinski definition) is 1. The van der Waals surface area contributed by atoms with Crippen molar-refractivity contribution in [1.29, 1.82) is 5.26 Å². The second kappa shape index (κ2) is 6.45. The number of carbonyl (C=O) groups is 1. The van der Waals surface area contributed by atoms with Gasteiger partial charge in [0.25, 0.3) is 0 Å². The predicted molar refractivity (Wildman–Crippen MR) is 68.6 cm³/mol. The van der Waals surface area contributed by atoms with E-state index in [1.807, 2.05) is 6.07 Å². The molecular weight excluding hydrogens is 287 g/mol. The maximum Gasteiger partial charge on any atom is 0.304 e. The summed E-state index contributed by atoms with van der Waals surface area (Å²) in [4.78, 5) is 10.4. The minimum atomic E-state index is -3.79. The van der Waals surface area contributed by atoms with Crippen molar-refractivity contribution in [2.45, 2.75) is 13.0 Å². The zero-order valence-corrected chi connectivity index (χ0v) is 11.5. The zero-order chi connectivity index (χ0) is 15.3. The summed E-state index contributed by atoms with van der Waals surface area (Å²) in [6.07, 6.45) is -0.520. The summed E-state index contributed by atoms with van der Waals surface area (Å²) >= 11 is 0. The van der Waals surface area contributed by atoms with Gasteiger partial charge in [-0.2, -0.15) is 5.26 Å². The molecule has 0 aromatic heterocycles. The van der Waals surface area contributed by atoms with Crippen LogP contribution in [0.25, 0.3) is 0 Å². The standard InChI is InChI=1S/C12H13FN2O4S/c1-15(20(18,19)5-4-12(16)17)8-10-6-9(7-14)2-3-11(10)13/h2-3,6H,4-5,8H2,1H3,(H,16,17). The number of benzene rings is 1. The largest absolute Gasteiger partial charge is 0.481 e. The van der Waals surface area contributed by atoms with Crippen LogP contribution < -0.4 is 0 Å². The van der Waals surface area contributed by atoms with Gasteiger partial charge in [0.05, 0.1) is 23.8 Å². The minimum Gasteiger partial charge on any atom is -0.481 e. The third-order valence-corrected chi connectivity index (χ3v) is 4.42. The first-order valence-electron chi connectivity index (χ1n) is 5.60. The summed E-state index contributed by atoms with van der Waals surface area (Å²) in [7, 11) is -2.56. The van der Waals surface area contributed by atoms with Crippen LogP contribution in [-0.2, 0) is 21.4 Å². The molecule has 0 saturated carbocycles. The number of carboxylic acid groups (broad SMARTS) is 1. The van der Waals surface area contributed by atoms with Gasteiger partial charge in [0.2, 0.25) is 10.0 Å². The van der Waals surface area contributed by atoms with Gasteiger partial charge in [0, 0.05) is 19.2 Å². The Morgan fingerprint density at radius 3 is 2.70 bits per heavy atom. The van der Waals surface area contributed by atoms with Crippen molar-refractivity contribution in [2.24, 2.45) is 0 Å². The van der Waals surface area contributed by atoms with E-state index < -0.39 is 34.0 Å². The molecule has 0 radical (unpaired) electrons. The summed E-state index contributed by atoms with van der Waals surface area (Å²) < 4.78 is 38.0. The third kappa shape index (κ3) is 4.29. The Balaban J connectivity index is 2.87. The van der Waals surface area contributed by atoms with Crippen molar-refractivity contribution in [3.8, 4) is 6.07 Å². The summed E-state index contributed by atoms with van der Waals surface area (Å²) in [5.41, 5.74) is 0.281. The van der Waals surface area contributed by atoms with Crippen molar-refractivity contribution in [2.75, 3.05) is 12.8 Å². The van der Waals surface area contributed by atoms with Gasteiger partial charge in [-0.3, -0.25) is 4.79 Å². The van der Waals surface area contributed by atoms with Gasteiger partial charge in [-0.25, -0.2) is 17.1 Å². The van der Waals surface area contributed by atoms with E-state index in [9.17, 15) is 17.6 Å². The van der Waals surface area contributed by atoms with Crippen LogP contribution in [0.4, 0.5) is 4.39 Å². The summed E-state index contributed by atoms with van der Waals surface area (Å²) in [6.45, 7) is -0.261. The molecule has 0 aliphatic rings. The van der Waals surface area contributed by atoms with E-state index >= 15 is 0 Å². The fourth-order valence-electron chi connectivity index (χ4n) is 1.48. The average molecular weight is 300 g/mol. The molecule has 0 spiro atoms. The normalized spacial score (nSPS) is 11.3. The summed E-state index contributed by atoms with van der Waals surface area (Å²) in [5.74, 6) is -2.40. The van der Waals surface area contributed by atoms with Crippen LogP contribution in [0.5, 0.6) is 0 Å². The van der Waals surface area contributed by atoms with Gasteiger partial charge in [0.1, 0.15) is 5.82 Å². The molecule has 8 heteroatoms. The fraction of sp³-hybridized carbons (Fsp3) is 0.333. The lowest BCUT2D eigenvalue weighted by atomic mass is 10.1. The van der Waals surface area contributed by atoms with E-state index in [4.69, 9.17) is 10.4 Å². The van der Waals surface area contributed by atoms with Crippen molar-refractivity contribution >= 4 is 16.0 Å². The highest BCUT2D eigenvalue weighted by atomic mass is 32.2. The number of rotatable bonds is 6. The fourth-order valence-corrected chi connectivity index (χ4v) is 2.56. The van der Waals surface area contributed by atoms with Gasteiger partial charge in [-0.1, -0.05) is 0 Å². The number of hydrogen-bond acceptors (Lipinski definition) is 4. The van der Waals surface area contributed by atoms with Crippen molar-refractivity contribution < 1.29 is 22.7 Å². The zero-order valence-electron chi connectivity index (χ0n) is 10.7. The Hall–Kier alpha value is -1.98. The molecule has 0 aliphatic heterocycles. The molecular formula is C12H13FN2O4S. The van der Waals surface area contributed by atoms with Gasteiger partial charge >= 0.3 is 5.97 Å². The number of sulfonamides is 1. The minimum absolute atomic E-state index is 0.0606. The molecule has 0 unspecified atom stereocenters. The molecule has 0 aliphatic carbocycles. The molecule has 0 amide bonds. The Kier molecular flexibility index (Phi) is 5.19. The highest BCUT2D eigenvalue weighted by molar-refractivity contribution is 7.89. The number of nitrogens with zero attached hydrogens (tertiary/aromatic N) is 2. The molecule has 6 nitrogen and oxygen atoms in total. The van der Waals surface area contributed by atoms with Gasteiger partial charge < -0.3 is 5.11 Å². The Labute approximate surface area is 116 Å². The van der Waals surface area contributed by atoms with Gasteiger partial charge in [-0.05, 0) is 18.2 Å². The molecule has 0 fully saturated rings. The maximum atomic E-state index is 13.5. The van der Waals surface area contributed by atoms with E-state index in [0.717, 1.165) is 10.4 Å². The van der Waals surface area contributed by atoms with Crippen LogP contribution >= 0.6 is 0 Å². The predicted octanol–water partition coefficient (Wildman–Crippen LogP) is 0.934. The Morgan fingerprint density at radius 2 is 2.15 bits per heavy atom. The van der Waals surface area contributed by atoms with Crippen molar-refractivity contribution in [1.82, 2.24) is 4.31 Å². The molecule has 0 saturated heterocycles. The molecule has 1 N–H and O–H groups in total. The van der Waals surface area contributed by atoms with Crippen LogP contribution in [-0.4, -0.2) is 36.6 Å². The van der Waals surface area contributed by atoms with Gasteiger partial charge in [-0.15, -0.1) is 0 Å². The molecule has 1 aromatic carbocycles. The first-order valence-corrected chi connectivity index (χ1v) is 7.21. The average Bonchev–Trinajstić information content (AvgIpc) is 2.39. The smallest absolute Gasteiger partial charge is 0.304 e. The molecule has 0 bridgehead atoms. The van der Waals surface area contributed by atoms with Crippen LogP contribution in [0.2, 0.25) is 0 Å². The molecule has 1 aromatic rings. The number of carboxylic acids is 1. The Morgan fingerprint density at radius 1 is 1.50 bits per heavy atom. The second-order valence-electron chi connectivity index (χ2n) is 4.13. The highest BCUT2D eigenvalue weighted by Crippen LogP contribution is 2.14. The van der Waals surface area contributed by atoms with E-state index in [1.54, 1.807) is 0 Å².